The Labute approximate surface area is 119 Å². The van der Waals surface area contributed by atoms with Crippen molar-refractivity contribution < 1.29 is 4.79 Å². The number of anilines is 1. The second kappa shape index (κ2) is 4.93. The SMILES string of the molecule is CCC(=O)Cc1nc(N)c2nc(-n3nccn3)n(C)c2n1. The maximum Gasteiger partial charge on any atom is 0.251 e. The third kappa shape index (κ3) is 2.22. The lowest BCUT2D eigenvalue weighted by molar-refractivity contribution is -0.118. The summed E-state index contributed by atoms with van der Waals surface area (Å²) in [5, 5.41) is 8.07. The molecule has 3 aromatic heterocycles. The van der Waals surface area contributed by atoms with Crippen LogP contribution in [0.3, 0.4) is 0 Å². The quantitative estimate of drug-likeness (QED) is 0.719. The average Bonchev–Trinajstić information content (AvgIpc) is 3.08. The van der Waals surface area contributed by atoms with Crippen LogP contribution in [0.4, 0.5) is 5.82 Å². The first-order valence-corrected chi connectivity index (χ1v) is 6.47. The van der Waals surface area contributed by atoms with E-state index in [2.05, 4.69) is 25.1 Å². The summed E-state index contributed by atoms with van der Waals surface area (Å²) in [7, 11) is 1.78. The zero-order valence-corrected chi connectivity index (χ0v) is 11.7. The minimum Gasteiger partial charge on any atom is -0.382 e. The third-order valence-corrected chi connectivity index (χ3v) is 3.12. The van der Waals surface area contributed by atoms with Gasteiger partial charge in [0, 0.05) is 13.5 Å². The molecule has 3 rings (SSSR count). The Morgan fingerprint density at radius 1 is 1.24 bits per heavy atom. The maximum absolute atomic E-state index is 11.5. The summed E-state index contributed by atoms with van der Waals surface area (Å²) in [4.78, 5) is 25.8. The highest BCUT2D eigenvalue weighted by atomic mass is 16.1. The summed E-state index contributed by atoms with van der Waals surface area (Å²) < 4.78 is 1.72. The molecule has 108 valence electrons. The van der Waals surface area contributed by atoms with Crippen LogP contribution >= 0.6 is 0 Å². The molecular weight excluding hydrogens is 272 g/mol. The van der Waals surface area contributed by atoms with E-state index in [0.29, 0.717) is 29.4 Å². The molecular formula is C12H14N8O. The van der Waals surface area contributed by atoms with E-state index in [-0.39, 0.29) is 18.0 Å². The molecule has 0 saturated carbocycles. The van der Waals surface area contributed by atoms with E-state index in [1.54, 1.807) is 30.9 Å². The molecule has 0 amide bonds. The molecule has 2 N–H and O–H groups in total. The van der Waals surface area contributed by atoms with E-state index in [4.69, 9.17) is 5.73 Å². The lowest BCUT2D eigenvalue weighted by Gasteiger charge is -2.02. The van der Waals surface area contributed by atoms with Gasteiger partial charge in [0.15, 0.2) is 17.0 Å². The van der Waals surface area contributed by atoms with E-state index in [9.17, 15) is 4.79 Å². The van der Waals surface area contributed by atoms with Crippen LogP contribution in [0.5, 0.6) is 0 Å². The van der Waals surface area contributed by atoms with E-state index in [1.165, 1.54) is 4.80 Å². The number of carbonyl (C=O) groups excluding carboxylic acids is 1. The molecule has 0 atom stereocenters. The predicted molar refractivity (Wildman–Crippen MR) is 74.6 cm³/mol. The van der Waals surface area contributed by atoms with Gasteiger partial charge in [0.2, 0.25) is 0 Å². The number of aromatic nitrogens is 7. The second-order valence-electron chi connectivity index (χ2n) is 4.56. The number of nitrogens with two attached hydrogens (primary N) is 1. The molecule has 0 fully saturated rings. The molecule has 0 saturated heterocycles. The van der Waals surface area contributed by atoms with Gasteiger partial charge in [-0.2, -0.15) is 10.2 Å². The number of imidazole rings is 1. The number of Topliss-reactive ketones (excluding diaryl/α,β-unsaturated/α-hetero) is 1. The van der Waals surface area contributed by atoms with E-state index in [1.807, 2.05) is 0 Å². The van der Waals surface area contributed by atoms with Crippen molar-refractivity contribution in [2.75, 3.05) is 5.73 Å². The zero-order valence-electron chi connectivity index (χ0n) is 11.7. The third-order valence-electron chi connectivity index (χ3n) is 3.12. The largest absolute Gasteiger partial charge is 0.382 e. The first kappa shape index (κ1) is 13.2. The van der Waals surface area contributed by atoms with Crippen molar-refractivity contribution in [2.24, 2.45) is 7.05 Å². The molecule has 0 unspecified atom stereocenters. The fraction of sp³-hybridized carbons (Fsp3) is 0.333. The number of nitrogen functional groups attached to an aromatic ring is 1. The summed E-state index contributed by atoms with van der Waals surface area (Å²) in [6, 6.07) is 0. The van der Waals surface area contributed by atoms with Crippen LogP contribution < -0.4 is 5.73 Å². The summed E-state index contributed by atoms with van der Waals surface area (Å²) in [6.45, 7) is 1.80. The van der Waals surface area contributed by atoms with E-state index >= 15 is 0 Å². The number of nitrogens with zero attached hydrogens (tertiary/aromatic N) is 7. The number of rotatable bonds is 4. The number of hydrogen-bond acceptors (Lipinski definition) is 7. The van der Waals surface area contributed by atoms with Gasteiger partial charge in [-0.1, -0.05) is 6.92 Å². The van der Waals surface area contributed by atoms with Gasteiger partial charge in [-0.3, -0.25) is 9.36 Å². The minimum absolute atomic E-state index is 0.0601. The Hall–Kier alpha value is -2.84. The highest BCUT2D eigenvalue weighted by Gasteiger charge is 2.17. The first-order valence-electron chi connectivity index (χ1n) is 6.47. The molecule has 0 bridgehead atoms. The Morgan fingerprint density at radius 3 is 2.62 bits per heavy atom. The lowest BCUT2D eigenvalue weighted by atomic mass is 10.2. The molecule has 9 heteroatoms. The highest BCUT2D eigenvalue weighted by molar-refractivity contribution is 5.84. The number of aryl methyl sites for hydroxylation is 1. The maximum atomic E-state index is 11.5. The topological polar surface area (TPSA) is 117 Å². The standard InChI is InChI=1S/C12H14N8O/c1-3-7(21)6-8-16-10(13)9-11(17-8)19(2)12(18-9)20-14-4-5-15-20/h4-5H,3,6H2,1-2H3,(H2,13,16,17). The van der Waals surface area contributed by atoms with Gasteiger partial charge in [-0.05, 0) is 0 Å². The molecule has 21 heavy (non-hydrogen) atoms. The molecule has 0 aromatic carbocycles. The van der Waals surface area contributed by atoms with E-state index in [0.717, 1.165) is 0 Å². The van der Waals surface area contributed by atoms with Crippen LogP contribution in [0.2, 0.25) is 0 Å². The van der Waals surface area contributed by atoms with E-state index < -0.39 is 0 Å². The molecule has 0 radical (unpaired) electrons. The molecule has 0 aliphatic rings. The molecule has 0 aliphatic carbocycles. The smallest absolute Gasteiger partial charge is 0.251 e. The lowest BCUT2D eigenvalue weighted by Crippen LogP contribution is -2.09. The molecule has 0 spiro atoms. The van der Waals surface area contributed by atoms with Crippen LogP contribution in [0, 0.1) is 0 Å². The van der Waals surface area contributed by atoms with Gasteiger partial charge in [0.05, 0.1) is 18.8 Å². The van der Waals surface area contributed by atoms with Gasteiger partial charge in [-0.15, -0.1) is 4.80 Å². The van der Waals surface area contributed by atoms with Crippen molar-refractivity contribution in [1.82, 2.24) is 34.5 Å². The van der Waals surface area contributed by atoms with Crippen LogP contribution in [-0.2, 0) is 18.3 Å². The highest BCUT2D eigenvalue weighted by Crippen LogP contribution is 2.19. The second-order valence-corrected chi connectivity index (χ2v) is 4.56. The fourth-order valence-electron chi connectivity index (χ4n) is 2.00. The summed E-state index contributed by atoms with van der Waals surface area (Å²) in [6.07, 6.45) is 3.71. The summed E-state index contributed by atoms with van der Waals surface area (Å²) >= 11 is 0. The molecule has 0 aliphatic heterocycles. The average molecular weight is 286 g/mol. The van der Waals surface area contributed by atoms with Crippen molar-refractivity contribution in [3.05, 3.63) is 18.2 Å². The van der Waals surface area contributed by atoms with Crippen LogP contribution in [0.25, 0.3) is 17.1 Å². The van der Waals surface area contributed by atoms with Gasteiger partial charge in [0.1, 0.15) is 11.6 Å². The first-order chi connectivity index (χ1) is 10.1. The van der Waals surface area contributed by atoms with Crippen molar-refractivity contribution >= 4 is 22.8 Å². The molecule has 3 aromatic rings. The number of hydrogen-bond donors (Lipinski definition) is 1. The fourth-order valence-corrected chi connectivity index (χ4v) is 2.00. The van der Waals surface area contributed by atoms with Crippen LogP contribution in [0.15, 0.2) is 12.4 Å². The minimum atomic E-state index is 0.0601. The van der Waals surface area contributed by atoms with Gasteiger partial charge < -0.3 is 5.73 Å². The monoisotopic (exact) mass is 286 g/mol. The summed E-state index contributed by atoms with van der Waals surface area (Å²) in [5.41, 5.74) is 6.94. The molecule has 9 nitrogen and oxygen atoms in total. The van der Waals surface area contributed by atoms with Gasteiger partial charge in [-0.25, -0.2) is 15.0 Å². The Bertz CT molecular complexity index is 804. The zero-order chi connectivity index (χ0) is 15.0. The van der Waals surface area contributed by atoms with Gasteiger partial charge in [0.25, 0.3) is 5.95 Å². The van der Waals surface area contributed by atoms with Gasteiger partial charge >= 0.3 is 0 Å². The number of ketones is 1. The Balaban J connectivity index is 2.14. The van der Waals surface area contributed by atoms with Crippen LogP contribution in [-0.4, -0.2) is 40.3 Å². The van der Waals surface area contributed by atoms with Crippen molar-refractivity contribution in [2.45, 2.75) is 19.8 Å². The van der Waals surface area contributed by atoms with Crippen molar-refractivity contribution in [3.8, 4) is 5.95 Å². The van der Waals surface area contributed by atoms with Crippen molar-refractivity contribution in [1.29, 1.82) is 0 Å². The Morgan fingerprint density at radius 2 is 1.95 bits per heavy atom. The number of carbonyl (C=O) groups is 1. The Kier molecular flexibility index (Phi) is 3.09. The van der Waals surface area contributed by atoms with Crippen LogP contribution in [0.1, 0.15) is 19.2 Å². The summed E-state index contributed by atoms with van der Waals surface area (Å²) in [5.74, 6) is 1.18. The van der Waals surface area contributed by atoms with Crippen molar-refractivity contribution in [3.63, 3.8) is 0 Å². The number of fused-ring (bicyclic) bond motifs is 1. The predicted octanol–water partition coefficient (Wildman–Crippen LogP) is 0.0478. The normalized spacial score (nSPS) is 11.1. The molecule has 3 heterocycles.